The second-order valence-electron chi connectivity index (χ2n) is 9.02. The van der Waals surface area contributed by atoms with Crippen LogP contribution in [0.25, 0.3) is 0 Å². The van der Waals surface area contributed by atoms with E-state index >= 15 is 0 Å². The van der Waals surface area contributed by atoms with E-state index in [1.54, 1.807) is 61.7 Å². The molecule has 4 rings (SSSR count). The number of anilines is 3. The maximum atomic E-state index is 13.4. The number of hydrogen-bond donors (Lipinski definition) is 3. The van der Waals surface area contributed by atoms with Crippen LogP contribution in [0.15, 0.2) is 60.8 Å². The van der Waals surface area contributed by atoms with Gasteiger partial charge in [-0.1, -0.05) is 18.2 Å². The molecular weight excluding hydrogens is 486 g/mol. The Hall–Kier alpha value is -4.57. The number of aromatic nitrogens is 1. The number of amides is 4. The second kappa shape index (κ2) is 11.7. The van der Waals surface area contributed by atoms with E-state index in [1.807, 2.05) is 13.0 Å². The Morgan fingerprint density at radius 3 is 2.50 bits per heavy atom. The summed E-state index contributed by atoms with van der Waals surface area (Å²) in [6.45, 7) is 4.03. The first-order valence-corrected chi connectivity index (χ1v) is 12.1. The Balaban J connectivity index is 1.47. The van der Waals surface area contributed by atoms with Crippen molar-refractivity contribution in [2.75, 3.05) is 29.7 Å². The van der Waals surface area contributed by atoms with Crippen molar-refractivity contribution in [1.29, 1.82) is 0 Å². The van der Waals surface area contributed by atoms with Gasteiger partial charge in [0.05, 0.1) is 24.3 Å². The van der Waals surface area contributed by atoms with Crippen molar-refractivity contribution in [2.24, 2.45) is 0 Å². The zero-order valence-electron chi connectivity index (χ0n) is 21.4. The minimum Gasteiger partial charge on any atom is -0.384 e. The summed E-state index contributed by atoms with van der Waals surface area (Å²) in [6.07, 6.45) is 1.86. The molecular formula is C28H29N5O5. The SMILES string of the molecule is COCCC(=O)Nc1ccc2c(c1)NC(=O)C(C)N(Cc1ccc(C(=O)Nc3ccc(C)cn3)cc1)C2=O. The van der Waals surface area contributed by atoms with Crippen molar-refractivity contribution < 1.29 is 23.9 Å². The van der Waals surface area contributed by atoms with Gasteiger partial charge >= 0.3 is 0 Å². The molecule has 0 aliphatic carbocycles. The van der Waals surface area contributed by atoms with E-state index in [-0.39, 0.29) is 43.2 Å². The van der Waals surface area contributed by atoms with Gasteiger partial charge in [-0.2, -0.15) is 0 Å². The van der Waals surface area contributed by atoms with Crippen molar-refractivity contribution in [3.05, 3.63) is 83.0 Å². The van der Waals surface area contributed by atoms with Gasteiger partial charge in [0.1, 0.15) is 11.9 Å². The van der Waals surface area contributed by atoms with Crippen LogP contribution in [0.5, 0.6) is 0 Å². The van der Waals surface area contributed by atoms with Crippen molar-refractivity contribution >= 4 is 40.8 Å². The van der Waals surface area contributed by atoms with Gasteiger partial charge in [-0.05, 0) is 61.4 Å². The molecule has 0 saturated carbocycles. The molecule has 0 fully saturated rings. The minimum atomic E-state index is -0.745. The first kappa shape index (κ1) is 26.5. The maximum absolute atomic E-state index is 13.4. The van der Waals surface area contributed by atoms with E-state index in [4.69, 9.17) is 4.74 Å². The number of fused-ring (bicyclic) bond motifs is 1. The first-order chi connectivity index (χ1) is 18.2. The van der Waals surface area contributed by atoms with Crippen molar-refractivity contribution in [3.63, 3.8) is 0 Å². The Morgan fingerprint density at radius 1 is 1.05 bits per heavy atom. The maximum Gasteiger partial charge on any atom is 0.256 e. The van der Waals surface area contributed by atoms with Crippen molar-refractivity contribution in [1.82, 2.24) is 9.88 Å². The summed E-state index contributed by atoms with van der Waals surface area (Å²) in [5, 5.41) is 8.28. The van der Waals surface area contributed by atoms with Crippen molar-refractivity contribution in [2.45, 2.75) is 32.9 Å². The number of aryl methyl sites for hydroxylation is 1. The van der Waals surface area contributed by atoms with E-state index in [1.165, 1.54) is 12.0 Å². The minimum absolute atomic E-state index is 0.170. The van der Waals surface area contributed by atoms with Gasteiger partial charge in [0.25, 0.3) is 11.8 Å². The number of nitrogens with zero attached hydrogens (tertiary/aromatic N) is 2. The quantitative estimate of drug-likeness (QED) is 0.420. The number of rotatable bonds is 8. The summed E-state index contributed by atoms with van der Waals surface area (Å²) in [7, 11) is 1.51. The van der Waals surface area contributed by atoms with Gasteiger partial charge in [-0.3, -0.25) is 19.2 Å². The molecule has 1 aliphatic heterocycles. The average Bonchev–Trinajstić information content (AvgIpc) is 2.99. The number of hydrogen-bond acceptors (Lipinski definition) is 6. The molecule has 0 saturated heterocycles. The number of carbonyl (C=O) groups is 4. The van der Waals surface area contributed by atoms with Crippen LogP contribution in [0, 0.1) is 6.92 Å². The van der Waals surface area contributed by atoms with Gasteiger partial charge in [-0.25, -0.2) is 4.98 Å². The molecule has 3 N–H and O–H groups in total. The number of nitrogens with one attached hydrogen (secondary N) is 3. The first-order valence-electron chi connectivity index (χ1n) is 12.1. The lowest BCUT2D eigenvalue weighted by Crippen LogP contribution is -2.42. The van der Waals surface area contributed by atoms with E-state index < -0.39 is 6.04 Å². The summed E-state index contributed by atoms with van der Waals surface area (Å²) in [6, 6.07) is 14.5. The molecule has 0 bridgehead atoms. The zero-order valence-corrected chi connectivity index (χ0v) is 21.4. The summed E-state index contributed by atoms with van der Waals surface area (Å²) in [5.41, 5.74) is 3.30. The number of methoxy groups -OCH3 is 1. The van der Waals surface area contributed by atoms with Gasteiger partial charge in [-0.15, -0.1) is 0 Å². The van der Waals surface area contributed by atoms with Gasteiger partial charge < -0.3 is 25.6 Å². The van der Waals surface area contributed by atoms with Crippen LogP contribution in [0.3, 0.4) is 0 Å². The molecule has 0 radical (unpaired) electrons. The van der Waals surface area contributed by atoms with E-state index in [9.17, 15) is 19.2 Å². The fourth-order valence-electron chi connectivity index (χ4n) is 3.94. The number of benzene rings is 2. The fourth-order valence-corrected chi connectivity index (χ4v) is 3.94. The smallest absolute Gasteiger partial charge is 0.256 e. The number of ether oxygens (including phenoxy) is 1. The summed E-state index contributed by atoms with van der Waals surface area (Å²) in [5.74, 6) is -0.751. The monoisotopic (exact) mass is 515 g/mol. The highest BCUT2D eigenvalue weighted by atomic mass is 16.5. The number of pyridine rings is 1. The Bertz CT molecular complexity index is 1360. The Labute approximate surface area is 220 Å². The third-order valence-corrected chi connectivity index (χ3v) is 6.15. The third-order valence-electron chi connectivity index (χ3n) is 6.15. The Morgan fingerprint density at radius 2 is 1.82 bits per heavy atom. The summed E-state index contributed by atoms with van der Waals surface area (Å²) >= 11 is 0. The molecule has 1 unspecified atom stereocenters. The van der Waals surface area contributed by atoms with Crippen LogP contribution in [-0.2, 0) is 20.9 Å². The lowest BCUT2D eigenvalue weighted by atomic mass is 10.1. The fraction of sp³-hybridized carbons (Fsp3) is 0.250. The molecule has 2 heterocycles. The van der Waals surface area contributed by atoms with E-state index in [0.717, 1.165) is 11.1 Å². The van der Waals surface area contributed by atoms with Crippen molar-refractivity contribution in [3.8, 4) is 0 Å². The third kappa shape index (κ3) is 6.22. The molecule has 10 heteroatoms. The Kier molecular flexibility index (Phi) is 8.12. The molecule has 1 aromatic heterocycles. The normalized spacial score (nSPS) is 14.8. The van der Waals surface area contributed by atoms with Crippen LogP contribution >= 0.6 is 0 Å². The van der Waals surface area contributed by atoms with Crippen LogP contribution in [0.1, 0.15) is 45.2 Å². The predicted octanol–water partition coefficient (Wildman–Crippen LogP) is 3.60. The molecule has 1 atom stereocenters. The highest BCUT2D eigenvalue weighted by Crippen LogP contribution is 2.28. The molecule has 4 amide bonds. The number of carbonyl (C=O) groups excluding carboxylic acids is 4. The topological polar surface area (TPSA) is 130 Å². The van der Waals surface area contributed by atoms with Gasteiger partial charge in [0.2, 0.25) is 11.8 Å². The second-order valence-corrected chi connectivity index (χ2v) is 9.02. The molecule has 3 aromatic rings. The molecule has 38 heavy (non-hydrogen) atoms. The lowest BCUT2D eigenvalue weighted by molar-refractivity contribution is -0.120. The molecule has 10 nitrogen and oxygen atoms in total. The van der Waals surface area contributed by atoms with Crippen LogP contribution in [-0.4, -0.2) is 53.3 Å². The average molecular weight is 516 g/mol. The molecule has 1 aliphatic rings. The summed E-state index contributed by atoms with van der Waals surface area (Å²) < 4.78 is 4.91. The zero-order chi connectivity index (χ0) is 27.2. The lowest BCUT2D eigenvalue weighted by Gasteiger charge is -2.26. The molecule has 2 aromatic carbocycles. The highest BCUT2D eigenvalue weighted by molar-refractivity contribution is 6.10. The summed E-state index contributed by atoms with van der Waals surface area (Å²) in [4.78, 5) is 56.6. The van der Waals surface area contributed by atoms with Crippen LogP contribution in [0.4, 0.5) is 17.2 Å². The van der Waals surface area contributed by atoms with E-state index in [0.29, 0.717) is 28.3 Å². The molecule has 0 spiro atoms. The largest absolute Gasteiger partial charge is 0.384 e. The predicted molar refractivity (Wildman–Crippen MR) is 143 cm³/mol. The van der Waals surface area contributed by atoms with Gasteiger partial charge in [0, 0.05) is 31.1 Å². The standard InChI is InChI=1S/C28H29N5O5/c1-17-4-11-24(29-15-17)32-27(36)20-7-5-19(6-8-20)16-33-18(2)26(35)31-23-14-21(9-10-22(23)28(33)37)30-25(34)12-13-38-3/h4-11,14-15,18H,12-13,16H2,1-3H3,(H,30,34)(H,31,35)(H,29,32,36). The van der Waals surface area contributed by atoms with E-state index in [2.05, 4.69) is 20.9 Å². The van der Waals surface area contributed by atoms with Gasteiger partial charge in [0.15, 0.2) is 0 Å². The molecule has 196 valence electrons. The van der Waals surface area contributed by atoms with Crippen LogP contribution < -0.4 is 16.0 Å². The van der Waals surface area contributed by atoms with Crippen LogP contribution in [0.2, 0.25) is 0 Å². The highest BCUT2D eigenvalue weighted by Gasteiger charge is 2.32.